The van der Waals surface area contributed by atoms with Crippen molar-refractivity contribution >= 4 is 66.3 Å². The Morgan fingerprint density at radius 3 is 1.42 bits per heavy atom. The molecule has 1 heterocycles. The van der Waals surface area contributed by atoms with Crippen LogP contribution >= 0.6 is 0 Å². The van der Waals surface area contributed by atoms with Crippen LogP contribution in [0.1, 0.15) is 20.8 Å². The third-order valence-electron chi connectivity index (χ3n) is 13.5. The highest BCUT2D eigenvalue weighted by Gasteiger charge is 2.19. The molecule has 342 valence electrons. The van der Waals surface area contributed by atoms with Gasteiger partial charge in [-0.15, -0.1) is 0 Å². The quantitative estimate of drug-likeness (QED) is 0.120. The van der Waals surface area contributed by atoms with Crippen molar-refractivity contribution in [3.8, 4) is 55.9 Å². The van der Waals surface area contributed by atoms with Crippen LogP contribution in [0.15, 0.2) is 249 Å². The topological polar surface area (TPSA) is 17.8 Å². The lowest BCUT2D eigenvalue weighted by Crippen LogP contribution is -2.22. The van der Waals surface area contributed by atoms with Gasteiger partial charge in [-0.25, -0.2) is 4.98 Å². The lowest BCUT2D eigenvalue weighted by Gasteiger charge is -2.19. The van der Waals surface area contributed by atoms with Gasteiger partial charge in [-0.1, -0.05) is 231 Å². The number of fused-ring (bicyclic) bond motifs is 5. The first-order valence-electron chi connectivity index (χ1n) is 24.5. The normalized spacial score (nSPS) is 11.8. The first kappa shape index (κ1) is 45.9. The third kappa shape index (κ3) is 9.36. The van der Waals surface area contributed by atoms with Crippen LogP contribution in [0, 0.1) is 0 Å². The van der Waals surface area contributed by atoms with Gasteiger partial charge >= 0.3 is 0 Å². The maximum atomic E-state index is 5.04. The first-order chi connectivity index (χ1) is 35.0. The standard InChI is InChI=1S/C54H36N2.C11H12.C4H8/c1-56-51-30-28-43(34-50(51)55-54(56)39-13-3-2-4-14-39)38-21-19-37(20-22-38)42-27-29-48-49(33-42)53(45-26-24-36-12-6-8-16-41(36)32-45)47-18-10-9-17-46(47)52(48)44-25-23-35-11-5-7-15-40(35)31-44;1-3-7-11-9-6-5-8-10(11)4-2;1-3-4-2/h2-34H,1H3;3-9H,1H2,2H3;3-4H,1-2H3/b;10-4-,11-7-;4-3-. The van der Waals surface area contributed by atoms with Crippen molar-refractivity contribution < 1.29 is 0 Å². The van der Waals surface area contributed by atoms with Crippen molar-refractivity contribution in [3.63, 3.8) is 0 Å². The van der Waals surface area contributed by atoms with E-state index in [2.05, 4.69) is 231 Å². The zero-order valence-electron chi connectivity index (χ0n) is 40.9. The van der Waals surface area contributed by atoms with E-state index >= 15 is 0 Å². The predicted octanol–water partition coefficient (Wildman–Crippen LogP) is 17.6. The molecule has 0 aliphatic heterocycles. The van der Waals surface area contributed by atoms with Gasteiger partial charge in [0.2, 0.25) is 0 Å². The van der Waals surface area contributed by atoms with Gasteiger partial charge in [0.05, 0.1) is 11.0 Å². The summed E-state index contributed by atoms with van der Waals surface area (Å²) in [5.74, 6) is 0.976. The Labute approximate surface area is 417 Å². The highest BCUT2D eigenvalue weighted by atomic mass is 15.1. The van der Waals surface area contributed by atoms with Gasteiger partial charge in [0.1, 0.15) is 5.82 Å². The van der Waals surface area contributed by atoms with Crippen molar-refractivity contribution in [2.24, 2.45) is 7.05 Å². The molecule has 0 amide bonds. The monoisotopic (exact) mass is 912 g/mol. The second-order valence-corrected chi connectivity index (χ2v) is 17.8. The molecule has 0 saturated carbocycles. The van der Waals surface area contributed by atoms with E-state index in [1.165, 1.54) is 92.5 Å². The fourth-order valence-electron chi connectivity index (χ4n) is 9.80. The summed E-state index contributed by atoms with van der Waals surface area (Å²) < 4.78 is 2.18. The van der Waals surface area contributed by atoms with Crippen molar-refractivity contribution in [1.29, 1.82) is 0 Å². The SMILES string of the molecule is C/C=C\C.C=C/C=c1/cccc/c1=C/C.Cn1c(-c2ccccc2)nc2cc(-c3ccc(-c4ccc5c(-c6ccc7ccccc7c6)c6ccccc6c(-c6ccc7ccccc7c6)c5c4)cc3)ccc21. The van der Waals surface area contributed by atoms with Crippen LogP contribution < -0.4 is 10.4 Å². The Bertz CT molecular complexity index is 4040. The molecular weight excluding hydrogens is 857 g/mol. The lowest BCUT2D eigenvalue weighted by molar-refractivity contribution is 0.959. The van der Waals surface area contributed by atoms with E-state index in [4.69, 9.17) is 4.98 Å². The van der Waals surface area contributed by atoms with Gasteiger partial charge in [0.15, 0.2) is 0 Å². The zero-order valence-corrected chi connectivity index (χ0v) is 40.9. The highest BCUT2D eigenvalue weighted by molar-refractivity contribution is 6.22. The van der Waals surface area contributed by atoms with Crippen LogP contribution in [-0.4, -0.2) is 9.55 Å². The predicted molar refractivity (Wildman–Crippen MR) is 309 cm³/mol. The molecule has 0 radical (unpaired) electrons. The van der Waals surface area contributed by atoms with Crippen molar-refractivity contribution in [1.82, 2.24) is 9.55 Å². The maximum absolute atomic E-state index is 5.04. The van der Waals surface area contributed by atoms with Gasteiger partial charge in [0, 0.05) is 12.6 Å². The molecule has 0 bridgehead atoms. The van der Waals surface area contributed by atoms with Crippen LogP contribution in [0.5, 0.6) is 0 Å². The van der Waals surface area contributed by atoms with Gasteiger partial charge in [-0.3, -0.25) is 0 Å². The van der Waals surface area contributed by atoms with E-state index in [0.717, 1.165) is 28.0 Å². The van der Waals surface area contributed by atoms with E-state index in [9.17, 15) is 0 Å². The second-order valence-electron chi connectivity index (χ2n) is 17.8. The number of aryl methyl sites for hydroxylation is 1. The Hall–Kier alpha value is -8.85. The number of imidazole rings is 1. The molecule has 2 nitrogen and oxygen atoms in total. The molecule has 0 saturated heterocycles. The Morgan fingerprint density at radius 1 is 0.380 bits per heavy atom. The van der Waals surface area contributed by atoms with Crippen molar-refractivity contribution in [2.75, 3.05) is 0 Å². The third-order valence-corrected chi connectivity index (χ3v) is 13.5. The van der Waals surface area contributed by atoms with E-state index in [1.54, 1.807) is 0 Å². The minimum atomic E-state index is 0.976. The van der Waals surface area contributed by atoms with Crippen LogP contribution in [0.25, 0.3) is 122 Å². The van der Waals surface area contributed by atoms with Crippen LogP contribution in [0.2, 0.25) is 0 Å². The summed E-state index contributed by atoms with van der Waals surface area (Å²) in [6.07, 6.45) is 9.91. The number of nitrogens with zero attached hydrogens (tertiary/aromatic N) is 2. The van der Waals surface area contributed by atoms with Crippen molar-refractivity contribution in [2.45, 2.75) is 20.8 Å². The number of benzene rings is 11. The van der Waals surface area contributed by atoms with E-state index in [0.29, 0.717) is 0 Å². The Morgan fingerprint density at radius 2 is 0.845 bits per heavy atom. The molecule has 12 rings (SSSR count). The Kier molecular flexibility index (Phi) is 13.4. The van der Waals surface area contributed by atoms with Gasteiger partial charge in [0.25, 0.3) is 0 Å². The Balaban J connectivity index is 0.000000337. The fraction of sp³-hybridized carbons (Fsp3) is 0.0580. The average Bonchev–Trinajstić information content (AvgIpc) is 3.77. The number of hydrogen-bond acceptors (Lipinski definition) is 1. The summed E-state index contributed by atoms with van der Waals surface area (Å²) in [4.78, 5) is 5.04. The fourth-order valence-corrected chi connectivity index (χ4v) is 9.80. The van der Waals surface area contributed by atoms with E-state index in [1.807, 2.05) is 63.3 Å². The number of allylic oxidation sites excluding steroid dienone is 3. The zero-order chi connectivity index (χ0) is 48.7. The van der Waals surface area contributed by atoms with Crippen LogP contribution in [0.4, 0.5) is 0 Å². The molecule has 11 aromatic carbocycles. The number of rotatable bonds is 6. The maximum Gasteiger partial charge on any atom is 0.140 e. The summed E-state index contributed by atoms with van der Waals surface area (Å²) in [6.45, 7) is 9.70. The minimum absolute atomic E-state index is 0.976. The van der Waals surface area contributed by atoms with Gasteiger partial charge in [-0.2, -0.15) is 0 Å². The van der Waals surface area contributed by atoms with Gasteiger partial charge < -0.3 is 4.57 Å². The molecule has 0 N–H and O–H groups in total. The molecule has 0 aliphatic rings. The summed E-state index contributed by atoms with van der Waals surface area (Å²) in [7, 11) is 2.09. The summed E-state index contributed by atoms with van der Waals surface area (Å²) >= 11 is 0. The molecule has 12 aromatic rings. The molecule has 0 unspecified atom stereocenters. The molecule has 0 aliphatic carbocycles. The molecule has 0 atom stereocenters. The largest absolute Gasteiger partial charge is 0.327 e. The van der Waals surface area contributed by atoms with E-state index < -0.39 is 0 Å². The second kappa shape index (κ2) is 20.8. The molecule has 2 heteroatoms. The molecular formula is C69H56N2. The molecule has 0 spiro atoms. The summed E-state index contributed by atoms with van der Waals surface area (Å²) in [5, 5.41) is 12.5. The molecule has 71 heavy (non-hydrogen) atoms. The highest BCUT2D eigenvalue weighted by Crippen LogP contribution is 2.46. The first-order valence-corrected chi connectivity index (χ1v) is 24.5. The number of hydrogen-bond donors (Lipinski definition) is 0. The number of aromatic nitrogens is 2. The summed E-state index contributed by atoms with van der Waals surface area (Å²) in [6, 6.07) is 81.3. The van der Waals surface area contributed by atoms with Crippen LogP contribution in [0.3, 0.4) is 0 Å². The van der Waals surface area contributed by atoms with Gasteiger partial charge in [-0.05, 0) is 149 Å². The lowest BCUT2D eigenvalue weighted by atomic mass is 9.84. The average molecular weight is 913 g/mol. The smallest absolute Gasteiger partial charge is 0.140 e. The van der Waals surface area contributed by atoms with E-state index in [-0.39, 0.29) is 0 Å². The van der Waals surface area contributed by atoms with Crippen LogP contribution in [-0.2, 0) is 7.05 Å². The molecule has 1 aromatic heterocycles. The minimum Gasteiger partial charge on any atom is -0.327 e. The molecule has 0 fully saturated rings. The van der Waals surface area contributed by atoms with Crippen molar-refractivity contribution in [3.05, 3.63) is 260 Å². The summed E-state index contributed by atoms with van der Waals surface area (Å²) in [5.41, 5.74) is 12.9.